The highest BCUT2D eigenvalue weighted by Crippen LogP contribution is 2.25. The highest BCUT2D eigenvalue weighted by atomic mass is 35.5. The molecular formula is C20H14ClN5O3. The van der Waals surface area contributed by atoms with Crippen LogP contribution < -0.4 is 10.9 Å². The number of furan rings is 1. The first-order valence-electron chi connectivity index (χ1n) is 8.52. The third kappa shape index (κ3) is 4.02. The van der Waals surface area contributed by atoms with Gasteiger partial charge in [-0.3, -0.25) is 25.4 Å². The van der Waals surface area contributed by atoms with E-state index in [1.807, 2.05) is 0 Å². The van der Waals surface area contributed by atoms with Gasteiger partial charge in [-0.15, -0.1) is 0 Å². The Morgan fingerprint density at radius 3 is 2.59 bits per heavy atom. The lowest BCUT2D eigenvalue weighted by Gasteiger charge is -2.06. The summed E-state index contributed by atoms with van der Waals surface area (Å²) in [5, 5.41) is 4.88. The van der Waals surface area contributed by atoms with E-state index in [2.05, 4.69) is 20.9 Å². The second-order valence-corrected chi connectivity index (χ2v) is 6.37. The van der Waals surface area contributed by atoms with E-state index in [0.29, 0.717) is 27.7 Å². The van der Waals surface area contributed by atoms with Gasteiger partial charge < -0.3 is 4.42 Å². The number of pyridine rings is 1. The minimum absolute atomic E-state index is 0.0860. The zero-order valence-electron chi connectivity index (χ0n) is 14.9. The van der Waals surface area contributed by atoms with Crippen LogP contribution in [0.3, 0.4) is 0 Å². The van der Waals surface area contributed by atoms with Crippen LogP contribution >= 0.6 is 11.6 Å². The highest BCUT2D eigenvalue weighted by molar-refractivity contribution is 6.30. The number of carbonyl (C=O) groups is 2. The van der Waals surface area contributed by atoms with Gasteiger partial charge >= 0.3 is 0 Å². The van der Waals surface area contributed by atoms with Gasteiger partial charge in [0.15, 0.2) is 11.5 Å². The Balaban J connectivity index is 1.60. The molecule has 4 rings (SSSR count). The zero-order valence-corrected chi connectivity index (χ0v) is 15.6. The molecule has 0 atom stereocenters. The van der Waals surface area contributed by atoms with Gasteiger partial charge in [-0.25, -0.2) is 4.68 Å². The Labute approximate surface area is 170 Å². The second kappa shape index (κ2) is 7.99. The molecule has 4 aromatic rings. The standard InChI is InChI=1S/C20H14ClN5O3/c21-14-5-1-6-15(10-14)26-17(18-7-3-9-29-18)11-16(25-26)20(28)24-23-19(27)13-4-2-8-22-12-13/h1-12H,(H,23,27)(H,24,28). The van der Waals surface area contributed by atoms with Crippen LogP contribution in [0.2, 0.25) is 5.02 Å². The molecule has 9 heteroatoms. The largest absolute Gasteiger partial charge is 0.463 e. The van der Waals surface area contributed by atoms with E-state index in [1.165, 1.54) is 12.5 Å². The summed E-state index contributed by atoms with van der Waals surface area (Å²) in [5.41, 5.74) is 6.30. The van der Waals surface area contributed by atoms with Gasteiger partial charge in [0, 0.05) is 23.5 Å². The third-order valence-corrected chi connectivity index (χ3v) is 4.22. The van der Waals surface area contributed by atoms with Crippen molar-refractivity contribution in [3.63, 3.8) is 0 Å². The van der Waals surface area contributed by atoms with Gasteiger partial charge in [-0.2, -0.15) is 5.10 Å². The van der Waals surface area contributed by atoms with Crippen LogP contribution in [0.15, 0.2) is 77.7 Å². The van der Waals surface area contributed by atoms with E-state index < -0.39 is 11.8 Å². The van der Waals surface area contributed by atoms with E-state index in [0.717, 1.165) is 0 Å². The SMILES string of the molecule is O=C(NNC(=O)c1cc(-c2ccco2)n(-c2cccc(Cl)c2)n1)c1cccnc1. The fourth-order valence-corrected chi connectivity index (χ4v) is 2.83. The van der Waals surface area contributed by atoms with Gasteiger partial charge in [0.25, 0.3) is 11.8 Å². The van der Waals surface area contributed by atoms with Gasteiger partial charge in [-0.1, -0.05) is 17.7 Å². The first-order valence-corrected chi connectivity index (χ1v) is 8.90. The van der Waals surface area contributed by atoms with Crippen molar-refractivity contribution in [2.24, 2.45) is 0 Å². The summed E-state index contributed by atoms with van der Waals surface area (Å²) in [5.74, 6) is -0.557. The zero-order chi connectivity index (χ0) is 20.2. The van der Waals surface area contributed by atoms with Gasteiger partial charge in [0.1, 0.15) is 5.69 Å². The normalized spacial score (nSPS) is 10.5. The second-order valence-electron chi connectivity index (χ2n) is 5.93. The van der Waals surface area contributed by atoms with Crippen molar-refractivity contribution in [3.05, 3.63) is 89.5 Å². The molecule has 2 amide bonds. The molecule has 3 aromatic heterocycles. The molecule has 144 valence electrons. The van der Waals surface area contributed by atoms with E-state index in [9.17, 15) is 9.59 Å². The van der Waals surface area contributed by atoms with Crippen LogP contribution in [0.25, 0.3) is 17.1 Å². The Kier molecular flexibility index (Phi) is 5.08. The first-order chi connectivity index (χ1) is 14.1. The van der Waals surface area contributed by atoms with Crippen LogP contribution in [-0.2, 0) is 0 Å². The Morgan fingerprint density at radius 1 is 1.00 bits per heavy atom. The molecule has 0 saturated carbocycles. The maximum atomic E-state index is 12.5. The average Bonchev–Trinajstić information content (AvgIpc) is 3.42. The predicted molar refractivity (Wildman–Crippen MR) is 105 cm³/mol. The minimum atomic E-state index is -0.587. The topological polar surface area (TPSA) is 102 Å². The predicted octanol–water partition coefficient (Wildman–Crippen LogP) is 3.26. The summed E-state index contributed by atoms with van der Waals surface area (Å²) in [6.07, 6.45) is 4.47. The quantitative estimate of drug-likeness (QED) is 0.505. The van der Waals surface area contributed by atoms with Crippen molar-refractivity contribution in [1.82, 2.24) is 25.6 Å². The number of hydrazine groups is 1. The lowest BCUT2D eigenvalue weighted by Crippen LogP contribution is -2.41. The Hall–Kier alpha value is -3.91. The van der Waals surface area contributed by atoms with Crippen molar-refractivity contribution in [2.45, 2.75) is 0 Å². The molecule has 0 aliphatic rings. The van der Waals surface area contributed by atoms with Crippen LogP contribution in [0.5, 0.6) is 0 Å². The molecule has 0 unspecified atom stereocenters. The van der Waals surface area contributed by atoms with Gasteiger partial charge in [0.05, 0.1) is 17.5 Å². The number of halogens is 1. The smallest absolute Gasteiger partial charge is 0.290 e. The molecule has 0 aliphatic heterocycles. The summed E-state index contributed by atoms with van der Waals surface area (Å²) in [6.45, 7) is 0. The van der Waals surface area contributed by atoms with Crippen molar-refractivity contribution >= 4 is 23.4 Å². The number of hydrogen-bond acceptors (Lipinski definition) is 5. The molecule has 0 fully saturated rings. The third-order valence-electron chi connectivity index (χ3n) is 3.98. The first kappa shape index (κ1) is 18.5. The lowest BCUT2D eigenvalue weighted by molar-refractivity contribution is 0.0843. The molecule has 29 heavy (non-hydrogen) atoms. The van der Waals surface area contributed by atoms with Crippen LogP contribution in [-0.4, -0.2) is 26.6 Å². The summed E-state index contributed by atoms with van der Waals surface area (Å²) >= 11 is 6.09. The Bertz CT molecular complexity index is 1160. The summed E-state index contributed by atoms with van der Waals surface area (Å²) in [4.78, 5) is 28.5. The molecule has 1 aromatic carbocycles. The maximum absolute atomic E-state index is 12.5. The molecule has 0 bridgehead atoms. The monoisotopic (exact) mass is 407 g/mol. The average molecular weight is 408 g/mol. The molecule has 8 nitrogen and oxygen atoms in total. The van der Waals surface area contributed by atoms with E-state index >= 15 is 0 Å². The summed E-state index contributed by atoms with van der Waals surface area (Å²) in [6, 6.07) is 15.3. The molecule has 0 aliphatic carbocycles. The number of amides is 2. The van der Waals surface area contributed by atoms with Crippen LogP contribution in [0.4, 0.5) is 0 Å². The number of nitrogens with zero attached hydrogens (tertiary/aromatic N) is 3. The number of nitrogens with one attached hydrogen (secondary N) is 2. The van der Waals surface area contributed by atoms with Crippen molar-refractivity contribution in [1.29, 1.82) is 0 Å². The molecular weight excluding hydrogens is 394 g/mol. The minimum Gasteiger partial charge on any atom is -0.463 e. The van der Waals surface area contributed by atoms with Gasteiger partial charge in [-0.05, 0) is 42.5 Å². The fraction of sp³-hybridized carbons (Fsp3) is 0. The number of rotatable bonds is 4. The number of carbonyl (C=O) groups excluding carboxylic acids is 2. The van der Waals surface area contributed by atoms with E-state index in [4.69, 9.17) is 16.0 Å². The molecule has 0 saturated heterocycles. The summed E-state index contributed by atoms with van der Waals surface area (Å²) in [7, 11) is 0. The van der Waals surface area contributed by atoms with Gasteiger partial charge in [0.2, 0.25) is 0 Å². The highest BCUT2D eigenvalue weighted by Gasteiger charge is 2.19. The van der Waals surface area contributed by atoms with Crippen molar-refractivity contribution < 1.29 is 14.0 Å². The van der Waals surface area contributed by atoms with E-state index in [-0.39, 0.29) is 5.69 Å². The number of benzene rings is 1. The van der Waals surface area contributed by atoms with Crippen LogP contribution in [0, 0.1) is 0 Å². The van der Waals surface area contributed by atoms with Crippen LogP contribution in [0.1, 0.15) is 20.8 Å². The maximum Gasteiger partial charge on any atom is 0.290 e. The fourth-order valence-electron chi connectivity index (χ4n) is 2.64. The summed E-state index contributed by atoms with van der Waals surface area (Å²) < 4.78 is 7.00. The Morgan fingerprint density at radius 2 is 1.86 bits per heavy atom. The van der Waals surface area contributed by atoms with E-state index in [1.54, 1.807) is 65.5 Å². The molecule has 0 spiro atoms. The lowest BCUT2D eigenvalue weighted by atomic mass is 10.2. The van der Waals surface area contributed by atoms with Crippen molar-refractivity contribution in [3.8, 4) is 17.1 Å². The molecule has 2 N–H and O–H groups in total. The molecule has 0 radical (unpaired) electrons. The number of aromatic nitrogens is 3. The molecule has 3 heterocycles. The van der Waals surface area contributed by atoms with Crippen molar-refractivity contribution in [2.75, 3.05) is 0 Å². The number of hydrogen-bond donors (Lipinski definition) is 2.